The molecule has 0 bridgehead atoms. The molecule has 0 atom stereocenters. The van der Waals surface area contributed by atoms with Crippen molar-refractivity contribution in [3.05, 3.63) is 81.6 Å². The number of nitrogens with zero attached hydrogens (tertiary/aromatic N) is 4. The first-order chi connectivity index (χ1) is 13.6. The number of pyridine rings is 1. The van der Waals surface area contributed by atoms with Crippen LogP contribution in [0.25, 0.3) is 0 Å². The maximum absolute atomic E-state index is 12.9. The second-order valence-electron chi connectivity index (χ2n) is 7.04. The number of hydrogen-bond donors (Lipinski definition) is 0. The number of amides is 1. The Morgan fingerprint density at radius 2 is 1.93 bits per heavy atom. The van der Waals surface area contributed by atoms with E-state index >= 15 is 0 Å². The van der Waals surface area contributed by atoms with Gasteiger partial charge in [-0.2, -0.15) is 5.26 Å². The van der Waals surface area contributed by atoms with Crippen LogP contribution >= 0.6 is 11.3 Å². The van der Waals surface area contributed by atoms with E-state index in [2.05, 4.69) is 34.6 Å². The van der Waals surface area contributed by atoms with Crippen LogP contribution in [0.2, 0.25) is 0 Å². The van der Waals surface area contributed by atoms with Gasteiger partial charge in [0.2, 0.25) is 0 Å². The number of piperidine rings is 1. The van der Waals surface area contributed by atoms with Crippen LogP contribution in [0.1, 0.15) is 45.2 Å². The number of benzene rings is 1. The van der Waals surface area contributed by atoms with Gasteiger partial charge in [0.25, 0.3) is 5.91 Å². The van der Waals surface area contributed by atoms with Gasteiger partial charge in [-0.15, -0.1) is 11.3 Å². The summed E-state index contributed by atoms with van der Waals surface area (Å²) in [5.74, 6) is -0.0342. The minimum Gasteiger partial charge on any atom is -0.339 e. The lowest BCUT2D eigenvalue weighted by Gasteiger charge is -2.41. The molecule has 0 saturated carbocycles. The molecule has 2 aromatic heterocycles. The minimum atomic E-state index is -0.161. The quantitative estimate of drug-likeness (QED) is 0.681. The van der Waals surface area contributed by atoms with Crippen molar-refractivity contribution in [2.24, 2.45) is 0 Å². The van der Waals surface area contributed by atoms with Crippen molar-refractivity contribution in [3.63, 3.8) is 0 Å². The number of aromatic nitrogens is 2. The van der Waals surface area contributed by atoms with Crippen molar-refractivity contribution in [1.29, 1.82) is 5.26 Å². The first-order valence-corrected chi connectivity index (χ1v) is 10.1. The van der Waals surface area contributed by atoms with Gasteiger partial charge in [-0.05, 0) is 37.5 Å². The van der Waals surface area contributed by atoms with Crippen molar-refractivity contribution in [1.82, 2.24) is 14.9 Å². The third-order valence-corrected chi connectivity index (χ3v) is 6.24. The second-order valence-corrected chi connectivity index (χ2v) is 8.10. The van der Waals surface area contributed by atoms with Crippen LogP contribution in [-0.2, 0) is 5.41 Å². The molecule has 0 N–H and O–H groups in total. The zero-order valence-corrected chi connectivity index (χ0v) is 16.4. The molecule has 6 heteroatoms. The predicted octanol–water partition coefficient (Wildman–Crippen LogP) is 3.94. The highest BCUT2D eigenvalue weighted by atomic mass is 32.1. The Labute approximate surface area is 168 Å². The molecule has 0 aliphatic carbocycles. The van der Waals surface area contributed by atoms with Crippen molar-refractivity contribution in [3.8, 4) is 6.07 Å². The largest absolute Gasteiger partial charge is 0.339 e. The molecule has 3 aromatic rings. The Hall–Kier alpha value is -3.04. The van der Waals surface area contributed by atoms with Crippen LogP contribution in [-0.4, -0.2) is 33.9 Å². The third kappa shape index (κ3) is 3.30. The normalized spacial score (nSPS) is 15.8. The van der Waals surface area contributed by atoms with Gasteiger partial charge in [0, 0.05) is 30.1 Å². The van der Waals surface area contributed by atoms with Crippen molar-refractivity contribution >= 4 is 17.2 Å². The lowest BCUT2D eigenvalue weighted by molar-refractivity contribution is 0.0683. The van der Waals surface area contributed by atoms with Gasteiger partial charge in [-0.1, -0.05) is 30.3 Å². The summed E-state index contributed by atoms with van der Waals surface area (Å²) in [7, 11) is 0. The van der Waals surface area contributed by atoms with E-state index in [9.17, 15) is 4.79 Å². The predicted molar refractivity (Wildman–Crippen MR) is 108 cm³/mol. The Kier molecular flexibility index (Phi) is 4.93. The van der Waals surface area contributed by atoms with Crippen molar-refractivity contribution < 1.29 is 4.79 Å². The van der Waals surface area contributed by atoms with Crippen LogP contribution in [0, 0.1) is 18.3 Å². The summed E-state index contributed by atoms with van der Waals surface area (Å²) in [6.45, 7) is 3.35. The van der Waals surface area contributed by atoms with Gasteiger partial charge >= 0.3 is 0 Å². The number of thiazole rings is 1. The molecule has 5 nitrogen and oxygen atoms in total. The number of nitriles is 1. The first kappa shape index (κ1) is 18.3. The molecular formula is C22H20N4OS. The summed E-state index contributed by atoms with van der Waals surface area (Å²) < 4.78 is 0. The SMILES string of the molecule is Cc1nc(C2(c3ccccc3)CCN(C(=O)c3ccc(C#N)nc3)CC2)cs1. The molecule has 1 aromatic carbocycles. The fourth-order valence-corrected chi connectivity index (χ4v) is 4.61. The first-order valence-electron chi connectivity index (χ1n) is 9.26. The maximum Gasteiger partial charge on any atom is 0.255 e. The maximum atomic E-state index is 12.9. The standard InChI is InChI=1S/C22H20N4OS/c1-16-25-20(15-28-16)22(18-5-3-2-4-6-18)9-11-26(12-10-22)21(27)17-7-8-19(13-23)24-14-17/h2-8,14-15H,9-12H2,1H3. The number of likely N-dealkylation sites (tertiary alicyclic amines) is 1. The molecule has 0 unspecified atom stereocenters. The summed E-state index contributed by atoms with van der Waals surface area (Å²) >= 11 is 1.67. The molecule has 1 saturated heterocycles. The molecule has 4 rings (SSSR count). The average molecular weight is 388 g/mol. The Morgan fingerprint density at radius 3 is 2.50 bits per heavy atom. The number of rotatable bonds is 3. The summed E-state index contributed by atoms with van der Waals surface area (Å²) in [5, 5.41) is 12.1. The van der Waals surface area contributed by atoms with Crippen LogP contribution in [0.15, 0.2) is 54.0 Å². The summed E-state index contributed by atoms with van der Waals surface area (Å²) in [6.07, 6.45) is 3.15. The fourth-order valence-electron chi connectivity index (χ4n) is 3.89. The molecule has 3 heterocycles. The molecule has 1 aliphatic heterocycles. The van der Waals surface area contributed by atoms with E-state index in [1.54, 1.807) is 23.5 Å². The monoisotopic (exact) mass is 388 g/mol. The van der Waals surface area contributed by atoms with Gasteiger partial charge in [0.1, 0.15) is 11.8 Å². The van der Waals surface area contributed by atoms with E-state index in [1.807, 2.05) is 24.0 Å². The van der Waals surface area contributed by atoms with Crippen LogP contribution in [0.4, 0.5) is 0 Å². The lowest BCUT2D eigenvalue weighted by atomic mass is 9.70. The van der Waals surface area contributed by atoms with Crippen LogP contribution in [0.5, 0.6) is 0 Å². The van der Waals surface area contributed by atoms with Crippen LogP contribution in [0.3, 0.4) is 0 Å². The van der Waals surface area contributed by atoms with Gasteiger partial charge in [0.15, 0.2) is 0 Å². The minimum absolute atomic E-state index is 0.0342. The van der Waals surface area contributed by atoms with E-state index in [4.69, 9.17) is 10.2 Å². The zero-order valence-electron chi connectivity index (χ0n) is 15.6. The Balaban J connectivity index is 1.58. The molecular weight excluding hydrogens is 368 g/mol. The molecule has 1 fully saturated rings. The molecule has 1 aliphatic rings. The average Bonchev–Trinajstić information content (AvgIpc) is 3.21. The smallest absolute Gasteiger partial charge is 0.255 e. The third-order valence-electron chi connectivity index (χ3n) is 5.46. The van der Waals surface area contributed by atoms with Crippen molar-refractivity contribution in [2.75, 3.05) is 13.1 Å². The summed E-state index contributed by atoms with van der Waals surface area (Å²) in [4.78, 5) is 23.6. The van der Waals surface area contributed by atoms with E-state index in [-0.39, 0.29) is 11.3 Å². The summed E-state index contributed by atoms with van der Waals surface area (Å²) in [5.41, 5.74) is 3.04. The lowest BCUT2D eigenvalue weighted by Crippen LogP contribution is -2.46. The zero-order chi connectivity index (χ0) is 19.6. The number of hydrogen-bond acceptors (Lipinski definition) is 5. The molecule has 1 amide bonds. The number of carbonyl (C=O) groups is 1. The number of carbonyl (C=O) groups excluding carboxylic acids is 1. The number of aryl methyl sites for hydroxylation is 1. The van der Waals surface area contributed by atoms with E-state index in [0.717, 1.165) is 23.5 Å². The van der Waals surface area contributed by atoms with Gasteiger partial charge < -0.3 is 4.90 Å². The highest BCUT2D eigenvalue weighted by molar-refractivity contribution is 7.09. The van der Waals surface area contributed by atoms with Crippen LogP contribution < -0.4 is 0 Å². The van der Waals surface area contributed by atoms with Gasteiger partial charge in [-0.3, -0.25) is 4.79 Å². The molecule has 28 heavy (non-hydrogen) atoms. The molecule has 140 valence electrons. The van der Waals surface area contributed by atoms with E-state index < -0.39 is 0 Å². The van der Waals surface area contributed by atoms with Gasteiger partial charge in [0.05, 0.1) is 16.3 Å². The van der Waals surface area contributed by atoms with Gasteiger partial charge in [-0.25, -0.2) is 9.97 Å². The highest BCUT2D eigenvalue weighted by Crippen LogP contribution is 2.42. The van der Waals surface area contributed by atoms with E-state index in [1.165, 1.54) is 11.8 Å². The Bertz CT molecular complexity index is 1010. The topological polar surface area (TPSA) is 69.9 Å². The van der Waals surface area contributed by atoms with Crippen molar-refractivity contribution in [2.45, 2.75) is 25.2 Å². The summed E-state index contributed by atoms with van der Waals surface area (Å²) in [6, 6.07) is 15.7. The Morgan fingerprint density at radius 1 is 1.18 bits per heavy atom. The second kappa shape index (κ2) is 7.53. The molecule has 0 spiro atoms. The van der Waals surface area contributed by atoms with E-state index in [0.29, 0.717) is 24.3 Å². The molecule has 0 radical (unpaired) electrons. The highest BCUT2D eigenvalue weighted by Gasteiger charge is 2.40. The fraction of sp³-hybridized carbons (Fsp3) is 0.273.